The largest absolute Gasteiger partial charge is 0.330 e. The Balaban J connectivity index is 1.70. The highest BCUT2D eigenvalue weighted by molar-refractivity contribution is 4.97. The Hall–Kier alpha value is -0.0800. The van der Waals surface area contributed by atoms with Crippen molar-refractivity contribution in [3.8, 4) is 0 Å². The van der Waals surface area contributed by atoms with Crippen LogP contribution in [0.25, 0.3) is 0 Å². The molecule has 2 heteroatoms. The van der Waals surface area contributed by atoms with E-state index in [1.165, 1.54) is 32.2 Å². The molecule has 0 aliphatic heterocycles. The van der Waals surface area contributed by atoms with Crippen LogP contribution in [0, 0.1) is 17.3 Å². The molecule has 2 aliphatic carbocycles. The van der Waals surface area contributed by atoms with Crippen LogP contribution in [0.15, 0.2) is 0 Å². The van der Waals surface area contributed by atoms with Crippen LogP contribution in [0.3, 0.4) is 0 Å². The van der Waals surface area contributed by atoms with Gasteiger partial charge in [-0.25, -0.2) is 0 Å². The first-order valence-corrected chi connectivity index (χ1v) is 6.07. The van der Waals surface area contributed by atoms with E-state index < -0.39 is 0 Å². The van der Waals surface area contributed by atoms with Crippen LogP contribution in [0.4, 0.5) is 0 Å². The fourth-order valence-electron chi connectivity index (χ4n) is 2.81. The third-order valence-corrected chi connectivity index (χ3v) is 4.31. The minimum absolute atomic E-state index is 0.615. The molecule has 82 valence electrons. The summed E-state index contributed by atoms with van der Waals surface area (Å²) in [4.78, 5) is 0. The first kappa shape index (κ1) is 10.4. The lowest BCUT2D eigenvalue weighted by molar-refractivity contribution is 0.388. The van der Waals surface area contributed by atoms with Gasteiger partial charge in [0.2, 0.25) is 0 Å². The Morgan fingerprint density at radius 3 is 2.64 bits per heavy atom. The van der Waals surface area contributed by atoms with Gasteiger partial charge in [0, 0.05) is 6.04 Å². The second kappa shape index (κ2) is 3.82. The van der Waals surface area contributed by atoms with Crippen LogP contribution < -0.4 is 11.1 Å². The van der Waals surface area contributed by atoms with E-state index in [-0.39, 0.29) is 0 Å². The number of nitrogens with two attached hydrogens (primary N) is 1. The summed E-state index contributed by atoms with van der Waals surface area (Å²) in [6.45, 7) is 6.82. The Kier molecular flexibility index (Phi) is 2.85. The lowest BCUT2D eigenvalue weighted by Crippen LogP contribution is -2.37. The summed E-state index contributed by atoms with van der Waals surface area (Å²) < 4.78 is 0. The minimum Gasteiger partial charge on any atom is -0.330 e. The second-order valence-corrected chi connectivity index (χ2v) is 5.83. The molecule has 2 nitrogen and oxygen atoms in total. The van der Waals surface area contributed by atoms with Crippen LogP contribution in [-0.4, -0.2) is 19.1 Å². The van der Waals surface area contributed by atoms with Gasteiger partial charge in [0.15, 0.2) is 0 Å². The topological polar surface area (TPSA) is 38.0 Å². The molecule has 0 aromatic rings. The van der Waals surface area contributed by atoms with Gasteiger partial charge in [-0.3, -0.25) is 0 Å². The average Bonchev–Trinajstić information content (AvgIpc) is 2.62. The summed E-state index contributed by atoms with van der Waals surface area (Å²) in [6, 6.07) is 0.719. The van der Waals surface area contributed by atoms with Crippen molar-refractivity contribution in [3.05, 3.63) is 0 Å². The maximum Gasteiger partial charge on any atom is 0.0107 e. The number of hydrogen-bond acceptors (Lipinski definition) is 2. The van der Waals surface area contributed by atoms with Crippen LogP contribution in [-0.2, 0) is 0 Å². The zero-order valence-electron chi connectivity index (χ0n) is 9.55. The fourth-order valence-corrected chi connectivity index (χ4v) is 2.81. The quantitative estimate of drug-likeness (QED) is 0.719. The average molecular weight is 196 g/mol. The molecule has 3 atom stereocenters. The van der Waals surface area contributed by atoms with E-state index in [9.17, 15) is 0 Å². The smallest absolute Gasteiger partial charge is 0.0107 e. The van der Waals surface area contributed by atoms with Crippen molar-refractivity contribution in [2.45, 2.75) is 45.6 Å². The molecular weight excluding hydrogens is 172 g/mol. The van der Waals surface area contributed by atoms with Gasteiger partial charge in [0.1, 0.15) is 0 Å². The van der Waals surface area contributed by atoms with Crippen LogP contribution in [0.5, 0.6) is 0 Å². The van der Waals surface area contributed by atoms with Crippen molar-refractivity contribution in [2.24, 2.45) is 23.0 Å². The van der Waals surface area contributed by atoms with Crippen LogP contribution in [0.1, 0.15) is 39.5 Å². The summed E-state index contributed by atoms with van der Waals surface area (Å²) in [6.07, 6.45) is 5.45. The van der Waals surface area contributed by atoms with E-state index >= 15 is 0 Å². The highest BCUT2D eigenvalue weighted by atomic mass is 14.9. The third-order valence-electron chi connectivity index (χ3n) is 4.31. The normalized spacial score (nSPS) is 40.1. The second-order valence-electron chi connectivity index (χ2n) is 5.83. The van der Waals surface area contributed by atoms with Gasteiger partial charge < -0.3 is 11.1 Å². The number of nitrogens with one attached hydrogen (secondary N) is 1. The van der Waals surface area contributed by atoms with Crippen molar-refractivity contribution < 1.29 is 0 Å². The molecule has 2 aliphatic rings. The molecule has 0 spiro atoms. The summed E-state index contributed by atoms with van der Waals surface area (Å²) in [5.41, 5.74) is 6.37. The molecule has 2 fully saturated rings. The monoisotopic (exact) mass is 196 g/mol. The van der Waals surface area contributed by atoms with Gasteiger partial charge >= 0.3 is 0 Å². The fraction of sp³-hybridized carbons (Fsp3) is 1.00. The lowest BCUT2D eigenvalue weighted by Gasteiger charge is -2.19. The SMILES string of the molecule is CC1(C)CC1CNC1CCCC1CN. The zero-order chi connectivity index (χ0) is 10.2. The molecule has 14 heavy (non-hydrogen) atoms. The van der Waals surface area contributed by atoms with E-state index in [2.05, 4.69) is 19.2 Å². The first-order valence-electron chi connectivity index (χ1n) is 6.07. The zero-order valence-corrected chi connectivity index (χ0v) is 9.55. The summed E-state index contributed by atoms with van der Waals surface area (Å²) >= 11 is 0. The molecule has 2 saturated carbocycles. The van der Waals surface area contributed by atoms with E-state index in [0.29, 0.717) is 5.41 Å². The van der Waals surface area contributed by atoms with Crippen molar-refractivity contribution in [2.75, 3.05) is 13.1 Å². The summed E-state index contributed by atoms with van der Waals surface area (Å²) in [5.74, 6) is 1.67. The van der Waals surface area contributed by atoms with E-state index in [4.69, 9.17) is 5.73 Å². The van der Waals surface area contributed by atoms with Gasteiger partial charge in [-0.2, -0.15) is 0 Å². The minimum atomic E-state index is 0.615. The van der Waals surface area contributed by atoms with E-state index in [1.54, 1.807) is 0 Å². The molecule has 0 radical (unpaired) electrons. The van der Waals surface area contributed by atoms with Gasteiger partial charge in [0.25, 0.3) is 0 Å². The van der Waals surface area contributed by atoms with E-state index in [0.717, 1.165) is 24.4 Å². The molecule has 0 aromatic carbocycles. The molecule has 0 heterocycles. The van der Waals surface area contributed by atoms with E-state index in [1.807, 2.05) is 0 Å². The summed E-state index contributed by atoms with van der Waals surface area (Å²) in [5, 5.41) is 3.72. The van der Waals surface area contributed by atoms with Crippen molar-refractivity contribution in [3.63, 3.8) is 0 Å². The highest BCUT2D eigenvalue weighted by Crippen LogP contribution is 2.51. The highest BCUT2D eigenvalue weighted by Gasteiger charge is 2.45. The Labute approximate surface area is 87.6 Å². The van der Waals surface area contributed by atoms with Crippen molar-refractivity contribution >= 4 is 0 Å². The lowest BCUT2D eigenvalue weighted by atomic mass is 10.0. The van der Waals surface area contributed by atoms with Crippen LogP contribution >= 0.6 is 0 Å². The molecule has 2 rings (SSSR count). The molecule has 0 saturated heterocycles. The first-order chi connectivity index (χ1) is 6.63. The molecule has 0 bridgehead atoms. The maximum atomic E-state index is 5.76. The van der Waals surface area contributed by atoms with Gasteiger partial charge in [0.05, 0.1) is 0 Å². The third kappa shape index (κ3) is 2.12. The standard InChI is InChI=1S/C12H24N2/c1-12(2)6-10(12)8-14-11-5-3-4-9(11)7-13/h9-11,14H,3-8,13H2,1-2H3. The van der Waals surface area contributed by atoms with Crippen molar-refractivity contribution in [1.29, 1.82) is 0 Å². The molecule has 3 N–H and O–H groups in total. The molecule has 0 amide bonds. The predicted molar refractivity (Wildman–Crippen MR) is 60.1 cm³/mol. The molecule has 0 aromatic heterocycles. The Bertz CT molecular complexity index is 200. The molecular formula is C12H24N2. The summed E-state index contributed by atoms with van der Waals surface area (Å²) in [7, 11) is 0. The van der Waals surface area contributed by atoms with Crippen LogP contribution in [0.2, 0.25) is 0 Å². The van der Waals surface area contributed by atoms with Gasteiger partial charge in [-0.1, -0.05) is 20.3 Å². The predicted octanol–water partition coefficient (Wildman–Crippen LogP) is 1.75. The Morgan fingerprint density at radius 2 is 2.07 bits per heavy atom. The number of rotatable bonds is 4. The number of hydrogen-bond donors (Lipinski definition) is 2. The van der Waals surface area contributed by atoms with Crippen molar-refractivity contribution in [1.82, 2.24) is 5.32 Å². The Morgan fingerprint density at radius 1 is 1.36 bits per heavy atom. The maximum absolute atomic E-state index is 5.76. The molecule has 3 unspecified atom stereocenters. The van der Waals surface area contributed by atoms with Gasteiger partial charge in [-0.05, 0) is 49.6 Å². The van der Waals surface area contributed by atoms with Gasteiger partial charge in [-0.15, -0.1) is 0 Å².